The summed E-state index contributed by atoms with van der Waals surface area (Å²) in [6.07, 6.45) is -1.72. The minimum absolute atomic E-state index is 0.169. The highest BCUT2D eigenvalue weighted by atomic mass is 16.5. The second-order valence-corrected chi connectivity index (χ2v) is 4.03. The molecule has 0 radical (unpaired) electrons. The predicted molar refractivity (Wildman–Crippen MR) is 67.5 cm³/mol. The molecule has 1 rings (SSSR count). The number of nitrogens with one attached hydrogen (secondary N) is 1. The average molecular weight is 267 g/mol. The van der Waals surface area contributed by atoms with Crippen molar-refractivity contribution in [3.05, 3.63) is 35.9 Å². The summed E-state index contributed by atoms with van der Waals surface area (Å²) in [5, 5.41) is 20.1. The Labute approximate surface area is 111 Å². The van der Waals surface area contributed by atoms with Gasteiger partial charge in [0.25, 0.3) is 0 Å². The molecule has 0 aliphatic rings. The van der Waals surface area contributed by atoms with Crippen molar-refractivity contribution >= 4 is 12.1 Å². The fraction of sp³-hybridized carbons (Fsp3) is 0.385. The Kier molecular flexibility index (Phi) is 6.38. The van der Waals surface area contributed by atoms with E-state index < -0.39 is 18.2 Å². The molecule has 1 unspecified atom stereocenters. The zero-order valence-electron chi connectivity index (χ0n) is 10.4. The van der Waals surface area contributed by atoms with Crippen LogP contribution in [0.25, 0.3) is 0 Å². The molecule has 0 fully saturated rings. The van der Waals surface area contributed by atoms with Gasteiger partial charge in [0.2, 0.25) is 0 Å². The van der Waals surface area contributed by atoms with E-state index >= 15 is 0 Å². The van der Waals surface area contributed by atoms with Gasteiger partial charge in [0.1, 0.15) is 6.61 Å². The molecule has 0 aromatic heterocycles. The fourth-order valence-electron chi connectivity index (χ4n) is 1.42. The number of hydrogen-bond donors (Lipinski definition) is 3. The molecule has 0 saturated carbocycles. The van der Waals surface area contributed by atoms with E-state index in [2.05, 4.69) is 5.32 Å². The van der Waals surface area contributed by atoms with E-state index in [0.29, 0.717) is 0 Å². The molecule has 0 aliphatic carbocycles. The Balaban J connectivity index is 2.13. The van der Waals surface area contributed by atoms with Crippen molar-refractivity contribution in [2.24, 2.45) is 0 Å². The van der Waals surface area contributed by atoms with Crippen LogP contribution in [0.4, 0.5) is 4.79 Å². The van der Waals surface area contributed by atoms with Crippen molar-refractivity contribution < 1.29 is 24.5 Å². The quantitative estimate of drug-likeness (QED) is 0.688. The predicted octanol–water partition coefficient (Wildman–Crippen LogP) is 1.14. The van der Waals surface area contributed by atoms with Crippen LogP contribution in [0.15, 0.2) is 30.3 Å². The topological polar surface area (TPSA) is 95.9 Å². The third-order valence-corrected chi connectivity index (χ3v) is 2.37. The molecule has 6 nitrogen and oxygen atoms in total. The molecule has 0 aliphatic heterocycles. The van der Waals surface area contributed by atoms with Crippen LogP contribution < -0.4 is 5.32 Å². The molecule has 1 amide bonds. The van der Waals surface area contributed by atoms with Gasteiger partial charge in [0.15, 0.2) is 0 Å². The highest BCUT2D eigenvalue weighted by Crippen LogP contribution is 2.01. The van der Waals surface area contributed by atoms with Crippen LogP contribution in [0, 0.1) is 0 Å². The van der Waals surface area contributed by atoms with Gasteiger partial charge >= 0.3 is 12.1 Å². The second kappa shape index (κ2) is 8.10. The van der Waals surface area contributed by atoms with Gasteiger partial charge in [-0.25, -0.2) is 4.79 Å². The van der Waals surface area contributed by atoms with E-state index in [9.17, 15) is 14.7 Å². The number of amides is 1. The Morgan fingerprint density at radius 2 is 1.95 bits per heavy atom. The van der Waals surface area contributed by atoms with E-state index in [1.54, 1.807) is 0 Å². The van der Waals surface area contributed by atoms with Crippen LogP contribution in [0.1, 0.15) is 18.4 Å². The third-order valence-electron chi connectivity index (χ3n) is 2.37. The highest BCUT2D eigenvalue weighted by molar-refractivity contribution is 5.67. The maximum absolute atomic E-state index is 11.3. The summed E-state index contributed by atoms with van der Waals surface area (Å²) in [5.41, 5.74) is 0.878. The highest BCUT2D eigenvalue weighted by Gasteiger charge is 2.10. The zero-order chi connectivity index (χ0) is 14.1. The number of carboxylic acids is 1. The van der Waals surface area contributed by atoms with Crippen molar-refractivity contribution in [3.63, 3.8) is 0 Å². The maximum atomic E-state index is 11.3. The minimum Gasteiger partial charge on any atom is -0.481 e. The van der Waals surface area contributed by atoms with Gasteiger partial charge in [-0.1, -0.05) is 30.3 Å². The first-order valence-electron chi connectivity index (χ1n) is 5.92. The molecular formula is C13H17NO5. The number of hydrogen-bond acceptors (Lipinski definition) is 4. The van der Waals surface area contributed by atoms with Gasteiger partial charge in [-0.3, -0.25) is 4.79 Å². The Bertz CT molecular complexity index is 407. The number of ether oxygens (including phenoxy) is 1. The molecule has 0 saturated heterocycles. The van der Waals surface area contributed by atoms with Gasteiger partial charge in [0.05, 0.1) is 12.5 Å². The minimum atomic E-state index is -1.07. The van der Waals surface area contributed by atoms with Gasteiger partial charge < -0.3 is 20.3 Å². The van der Waals surface area contributed by atoms with Crippen LogP contribution in [-0.4, -0.2) is 34.9 Å². The molecule has 0 bridgehead atoms. The molecule has 104 valence electrons. The van der Waals surface area contributed by atoms with Gasteiger partial charge in [-0.2, -0.15) is 0 Å². The van der Waals surface area contributed by atoms with E-state index in [4.69, 9.17) is 9.84 Å². The Morgan fingerprint density at radius 3 is 2.58 bits per heavy atom. The molecular weight excluding hydrogens is 250 g/mol. The number of carbonyl (C=O) groups is 2. The number of aliphatic hydroxyl groups excluding tert-OH is 1. The van der Waals surface area contributed by atoms with Crippen molar-refractivity contribution in [3.8, 4) is 0 Å². The summed E-state index contributed by atoms with van der Waals surface area (Å²) in [4.78, 5) is 21.6. The number of aliphatic hydroxyl groups is 1. The number of alkyl carbamates (subject to hydrolysis) is 1. The van der Waals surface area contributed by atoms with E-state index in [1.807, 2.05) is 30.3 Å². The van der Waals surface area contributed by atoms with Crippen molar-refractivity contribution in [2.75, 3.05) is 6.54 Å². The van der Waals surface area contributed by atoms with Crippen molar-refractivity contribution in [2.45, 2.75) is 25.6 Å². The van der Waals surface area contributed by atoms with E-state index in [1.165, 1.54) is 0 Å². The third kappa shape index (κ3) is 7.05. The summed E-state index contributed by atoms with van der Waals surface area (Å²) in [6.45, 7) is 0.340. The van der Waals surface area contributed by atoms with Gasteiger partial charge in [0, 0.05) is 6.54 Å². The van der Waals surface area contributed by atoms with Gasteiger partial charge in [-0.05, 0) is 12.0 Å². The van der Waals surface area contributed by atoms with E-state index in [0.717, 1.165) is 5.56 Å². The molecule has 3 N–H and O–H groups in total. The van der Waals surface area contributed by atoms with Crippen molar-refractivity contribution in [1.82, 2.24) is 5.32 Å². The van der Waals surface area contributed by atoms with Crippen LogP contribution >= 0.6 is 0 Å². The summed E-state index contributed by atoms with van der Waals surface area (Å²) in [7, 11) is 0. The number of carboxylic acid groups (broad SMARTS) is 1. The summed E-state index contributed by atoms with van der Waals surface area (Å²) >= 11 is 0. The standard InChI is InChI=1S/C13H17NO5/c15-11(8-12(16)17)6-7-14-13(18)19-9-10-4-2-1-3-5-10/h1-5,11,15H,6-9H2,(H,14,18)(H,16,17). The lowest BCUT2D eigenvalue weighted by atomic mass is 10.2. The lowest BCUT2D eigenvalue weighted by Crippen LogP contribution is -2.28. The second-order valence-electron chi connectivity index (χ2n) is 4.03. The monoisotopic (exact) mass is 267 g/mol. The Hall–Kier alpha value is -2.08. The van der Waals surface area contributed by atoms with E-state index in [-0.39, 0.29) is 26.0 Å². The molecule has 1 aromatic carbocycles. The lowest BCUT2D eigenvalue weighted by molar-refractivity contribution is -0.139. The lowest BCUT2D eigenvalue weighted by Gasteiger charge is -2.09. The first kappa shape index (κ1) is 15.0. The molecule has 1 atom stereocenters. The van der Waals surface area contributed by atoms with Crippen molar-refractivity contribution in [1.29, 1.82) is 0 Å². The first-order valence-corrected chi connectivity index (χ1v) is 5.92. The van der Waals surface area contributed by atoms with Crippen LogP contribution in [0.3, 0.4) is 0 Å². The Morgan fingerprint density at radius 1 is 1.26 bits per heavy atom. The largest absolute Gasteiger partial charge is 0.481 e. The number of aliphatic carboxylic acids is 1. The SMILES string of the molecule is O=C(O)CC(O)CCNC(=O)OCc1ccccc1. The summed E-state index contributed by atoms with van der Waals surface area (Å²) < 4.78 is 4.94. The zero-order valence-corrected chi connectivity index (χ0v) is 10.4. The molecule has 19 heavy (non-hydrogen) atoms. The molecule has 6 heteroatoms. The fourth-order valence-corrected chi connectivity index (χ4v) is 1.42. The van der Waals surface area contributed by atoms with Gasteiger partial charge in [-0.15, -0.1) is 0 Å². The smallest absolute Gasteiger partial charge is 0.407 e. The molecule has 1 aromatic rings. The van der Waals surface area contributed by atoms with Crippen LogP contribution in [-0.2, 0) is 16.1 Å². The van der Waals surface area contributed by atoms with Crippen LogP contribution in [0.5, 0.6) is 0 Å². The maximum Gasteiger partial charge on any atom is 0.407 e. The normalized spacial score (nSPS) is 11.6. The first-order chi connectivity index (χ1) is 9.08. The summed E-state index contributed by atoms with van der Waals surface area (Å²) in [6, 6.07) is 9.24. The number of benzene rings is 1. The number of rotatable bonds is 7. The van der Waals surface area contributed by atoms with Crippen LogP contribution in [0.2, 0.25) is 0 Å². The summed E-state index contributed by atoms with van der Waals surface area (Å²) in [5.74, 6) is -1.07. The number of carbonyl (C=O) groups excluding carboxylic acids is 1. The molecule has 0 spiro atoms. The molecule has 0 heterocycles. The average Bonchev–Trinajstić information content (AvgIpc) is 2.36.